The van der Waals surface area contributed by atoms with Crippen molar-refractivity contribution in [3.63, 3.8) is 0 Å². The Kier molecular flexibility index (Phi) is 5.60. The Morgan fingerprint density at radius 1 is 0.558 bits per heavy atom. The third-order valence-electron chi connectivity index (χ3n) is 8.50. The minimum atomic E-state index is -0.0621. The van der Waals surface area contributed by atoms with E-state index >= 15 is 0 Å². The van der Waals surface area contributed by atoms with Crippen LogP contribution in [0.5, 0.6) is 0 Å². The summed E-state index contributed by atoms with van der Waals surface area (Å²) in [6.07, 6.45) is 3.68. The summed E-state index contributed by atoms with van der Waals surface area (Å²) in [6, 6.07) is 41.5. The van der Waals surface area contributed by atoms with Gasteiger partial charge in [0, 0.05) is 21.7 Å². The third kappa shape index (κ3) is 3.83. The molecule has 0 bridgehead atoms. The molecule has 0 fully saturated rings. The zero-order valence-corrected chi connectivity index (χ0v) is 23.4. The highest BCUT2D eigenvalue weighted by Gasteiger charge is 2.20. The fourth-order valence-corrected chi connectivity index (χ4v) is 6.32. The highest BCUT2D eigenvalue weighted by molar-refractivity contribution is 6.19. The zero-order chi connectivity index (χ0) is 29.1. The molecule has 0 saturated carbocycles. The maximum atomic E-state index is 14.4. The second-order valence-corrected chi connectivity index (χ2v) is 10.9. The van der Waals surface area contributed by atoms with Gasteiger partial charge >= 0.3 is 0 Å². The van der Waals surface area contributed by atoms with Crippen molar-refractivity contribution in [3.05, 3.63) is 156 Å². The monoisotopic (exact) mass is 550 g/mol. The molecule has 8 rings (SSSR count). The first-order chi connectivity index (χ1) is 21.1. The van der Waals surface area contributed by atoms with Gasteiger partial charge in [-0.2, -0.15) is 0 Å². The molecule has 0 aliphatic heterocycles. The van der Waals surface area contributed by atoms with Crippen molar-refractivity contribution in [2.75, 3.05) is 0 Å². The van der Waals surface area contributed by atoms with E-state index in [2.05, 4.69) is 110 Å². The molecule has 0 aliphatic carbocycles. The van der Waals surface area contributed by atoms with Gasteiger partial charge in [-0.15, -0.1) is 0 Å². The SMILES string of the molecule is C=Cc1ccc(-c2cc(-c3ccc(C=C)cc3)c3nc4c5cccc6c(-c7ccccc7)ccc(c(=O)n4c3c2)c65)cc1. The molecule has 2 aromatic heterocycles. The van der Waals surface area contributed by atoms with E-state index in [9.17, 15) is 4.79 Å². The number of aromatic nitrogens is 2. The summed E-state index contributed by atoms with van der Waals surface area (Å²) in [7, 11) is 0. The first kappa shape index (κ1) is 25.0. The van der Waals surface area contributed by atoms with Gasteiger partial charge in [0.05, 0.1) is 11.0 Å². The van der Waals surface area contributed by atoms with E-state index in [4.69, 9.17) is 4.98 Å². The van der Waals surface area contributed by atoms with Crippen LogP contribution in [0.1, 0.15) is 11.1 Å². The van der Waals surface area contributed by atoms with Crippen LogP contribution in [0.15, 0.2) is 139 Å². The maximum Gasteiger partial charge on any atom is 0.264 e. The molecular formula is C40H26N2O. The maximum absolute atomic E-state index is 14.4. The minimum Gasteiger partial charge on any atom is -0.268 e. The molecule has 0 aliphatic rings. The first-order valence-corrected chi connectivity index (χ1v) is 14.3. The second kappa shape index (κ2) is 9.64. The molecule has 0 amide bonds. The molecule has 0 unspecified atom stereocenters. The van der Waals surface area contributed by atoms with Crippen molar-refractivity contribution in [3.8, 4) is 33.4 Å². The van der Waals surface area contributed by atoms with Crippen molar-refractivity contribution in [2.24, 2.45) is 0 Å². The Hall–Kier alpha value is -5.80. The Labute approximate surface area is 248 Å². The van der Waals surface area contributed by atoms with Gasteiger partial charge in [0.2, 0.25) is 0 Å². The van der Waals surface area contributed by atoms with Crippen LogP contribution in [0.25, 0.3) is 83.8 Å². The lowest BCUT2D eigenvalue weighted by Crippen LogP contribution is -2.13. The Balaban J connectivity index is 1.49. The number of fused-ring (bicyclic) bond motifs is 4. The summed E-state index contributed by atoms with van der Waals surface area (Å²) in [5.74, 6) is 0. The predicted molar refractivity (Wildman–Crippen MR) is 182 cm³/mol. The van der Waals surface area contributed by atoms with Crippen LogP contribution >= 0.6 is 0 Å². The van der Waals surface area contributed by atoms with Gasteiger partial charge in [-0.1, -0.05) is 128 Å². The van der Waals surface area contributed by atoms with Gasteiger partial charge in [-0.05, 0) is 62.5 Å². The third-order valence-corrected chi connectivity index (χ3v) is 8.50. The predicted octanol–water partition coefficient (Wildman–Crippen LogP) is 9.88. The number of nitrogens with zero attached hydrogens (tertiary/aromatic N) is 2. The Bertz CT molecular complexity index is 2420. The van der Waals surface area contributed by atoms with Gasteiger partial charge in [0.1, 0.15) is 5.65 Å². The lowest BCUT2D eigenvalue weighted by Gasteiger charge is -2.12. The van der Waals surface area contributed by atoms with Crippen LogP contribution in [0.3, 0.4) is 0 Å². The average Bonchev–Trinajstić information content (AvgIpc) is 3.47. The number of pyridine rings is 1. The highest BCUT2D eigenvalue weighted by Crippen LogP contribution is 2.39. The largest absolute Gasteiger partial charge is 0.268 e. The number of benzene rings is 6. The molecule has 3 nitrogen and oxygen atoms in total. The Morgan fingerprint density at radius 2 is 1.21 bits per heavy atom. The van der Waals surface area contributed by atoms with Gasteiger partial charge in [0.25, 0.3) is 5.56 Å². The van der Waals surface area contributed by atoms with Crippen molar-refractivity contribution in [1.29, 1.82) is 0 Å². The van der Waals surface area contributed by atoms with Gasteiger partial charge < -0.3 is 0 Å². The molecule has 3 heteroatoms. The van der Waals surface area contributed by atoms with E-state index in [1.807, 2.05) is 36.4 Å². The molecule has 8 aromatic rings. The second-order valence-electron chi connectivity index (χ2n) is 10.9. The van der Waals surface area contributed by atoms with Gasteiger partial charge in [-0.25, -0.2) is 4.98 Å². The van der Waals surface area contributed by atoms with Crippen LogP contribution in [0, 0.1) is 0 Å². The smallest absolute Gasteiger partial charge is 0.264 e. The van der Waals surface area contributed by atoms with Crippen molar-refractivity contribution in [1.82, 2.24) is 9.38 Å². The molecule has 0 radical (unpaired) electrons. The highest BCUT2D eigenvalue weighted by atomic mass is 16.1. The van der Waals surface area contributed by atoms with Crippen molar-refractivity contribution < 1.29 is 0 Å². The standard InChI is InChI=1S/C40H26N2O/c1-3-25-13-17-27(18-14-25)30-23-35(29-19-15-26(4-2)16-20-29)38-36(24-30)42-39(41-38)33-12-8-11-32-31(28-9-6-5-7-10-28)21-22-34(37(32)33)40(42)43/h3-24H,1-2H2. The van der Waals surface area contributed by atoms with E-state index in [1.54, 1.807) is 4.40 Å². The number of hydrogen-bond acceptors (Lipinski definition) is 2. The van der Waals surface area contributed by atoms with E-state index in [0.29, 0.717) is 11.0 Å². The van der Waals surface area contributed by atoms with Crippen molar-refractivity contribution >= 4 is 50.4 Å². The van der Waals surface area contributed by atoms with E-state index in [1.165, 1.54) is 0 Å². The van der Waals surface area contributed by atoms with Crippen LogP contribution < -0.4 is 5.56 Å². The number of imidazole rings is 1. The summed E-state index contributed by atoms with van der Waals surface area (Å²) in [4.78, 5) is 19.6. The zero-order valence-electron chi connectivity index (χ0n) is 23.4. The number of rotatable bonds is 5. The normalized spacial score (nSPS) is 11.5. The first-order valence-electron chi connectivity index (χ1n) is 14.3. The summed E-state index contributed by atoms with van der Waals surface area (Å²) in [6.45, 7) is 7.80. The summed E-state index contributed by atoms with van der Waals surface area (Å²) < 4.78 is 1.80. The topological polar surface area (TPSA) is 34.4 Å². The van der Waals surface area contributed by atoms with E-state index in [-0.39, 0.29) is 5.56 Å². The molecule has 202 valence electrons. The fraction of sp³-hybridized carbons (Fsp3) is 0. The van der Waals surface area contributed by atoms with Crippen LogP contribution in [-0.2, 0) is 0 Å². The van der Waals surface area contributed by atoms with Gasteiger partial charge in [-0.3, -0.25) is 9.20 Å². The molecule has 0 spiro atoms. The molecule has 6 aromatic carbocycles. The van der Waals surface area contributed by atoms with Crippen LogP contribution in [-0.4, -0.2) is 9.38 Å². The summed E-state index contributed by atoms with van der Waals surface area (Å²) in [5.41, 5.74) is 10.6. The molecule has 2 heterocycles. The van der Waals surface area contributed by atoms with Crippen LogP contribution in [0.2, 0.25) is 0 Å². The average molecular weight is 551 g/mol. The Morgan fingerprint density at radius 3 is 1.91 bits per heavy atom. The van der Waals surface area contributed by atoms with E-state index < -0.39 is 0 Å². The molecule has 0 N–H and O–H groups in total. The molecule has 43 heavy (non-hydrogen) atoms. The molecule has 0 atom stereocenters. The van der Waals surface area contributed by atoms with Gasteiger partial charge in [0.15, 0.2) is 0 Å². The quantitative estimate of drug-likeness (QED) is 0.214. The fourth-order valence-electron chi connectivity index (χ4n) is 6.32. The lowest BCUT2D eigenvalue weighted by atomic mass is 9.94. The van der Waals surface area contributed by atoms with Crippen molar-refractivity contribution in [2.45, 2.75) is 0 Å². The number of hydrogen-bond donors (Lipinski definition) is 0. The molecule has 0 saturated heterocycles. The lowest BCUT2D eigenvalue weighted by molar-refractivity contribution is 1.19. The van der Waals surface area contributed by atoms with E-state index in [0.717, 1.165) is 71.7 Å². The summed E-state index contributed by atoms with van der Waals surface area (Å²) >= 11 is 0. The summed E-state index contributed by atoms with van der Waals surface area (Å²) in [5, 5.41) is 3.66. The molecular weight excluding hydrogens is 524 g/mol. The van der Waals surface area contributed by atoms with Crippen LogP contribution in [0.4, 0.5) is 0 Å². The minimum absolute atomic E-state index is 0.0621.